The average Bonchev–Trinajstić information content (AvgIpc) is 1.86. The molecule has 0 unspecified atom stereocenters. The second-order valence-electron chi connectivity index (χ2n) is 2.19. The molecule has 0 saturated carbocycles. The van der Waals surface area contributed by atoms with Gasteiger partial charge in [0.15, 0.2) is 0 Å². The Morgan fingerprint density at radius 2 is 2.00 bits per heavy atom. The summed E-state index contributed by atoms with van der Waals surface area (Å²) in [5, 5.41) is 8.68. The zero-order chi connectivity index (χ0) is 8.48. The minimum atomic E-state index is -4.35. The molecule has 0 aromatic carbocycles. The quantitative estimate of drug-likeness (QED) is 0.586. The Balaban J connectivity index is 2.77. The van der Waals surface area contributed by atoms with Gasteiger partial charge in [0, 0.05) is 12.8 Å². The molecule has 0 bridgehead atoms. The van der Waals surface area contributed by atoms with Crippen molar-refractivity contribution in [3.63, 3.8) is 0 Å². The number of nitrogens with zero attached hydrogens (tertiary/aromatic N) is 1. The van der Waals surface area contributed by atoms with Crippen LogP contribution in [0.4, 0.5) is 13.2 Å². The molecule has 1 heterocycles. The summed E-state index contributed by atoms with van der Waals surface area (Å²) < 4.78 is 35.5. The van der Waals surface area contributed by atoms with Crippen molar-refractivity contribution in [1.82, 2.24) is 0 Å². The summed E-state index contributed by atoms with van der Waals surface area (Å²) in [6.45, 7) is 0. The first-order valence-electron chi connectivity index (χ1n) is 3.02. The van der Waals surface area contributed by atoms with E-state index in [-0.39, 0.29) is 18.6 Å². The van der Waals surface area contributed by atoms with Crippen LogP contribution in [0.15, 0.2) is 17.0 Å². The molecule has 1 aliphatic rings. The molecule has 0 amide bonds. The van der Waals surface area contributed by atoms with Crippen molar-refractivity contribution in [3.05, 3.63) is 12.0 Å². The van der Waals surface area contributed by atoms with Gasteiger partial charge in [-0.2, -0.15) is 13.2 Å². The fourth-order valence-corrected chi connectivity index (χ4v) is 0.743. The molecule has 62 valence electrons. The molecule has 0 aromatic heterocycles. The van der Waals surface area contributed by atoms with Gasteiger partial charge in [-0.1, -0.05) is 0 Å². The van der Waals surface area contributed by atoms with E-state index in [9.17, 15) is 13.2 Å². The van der Waals surface area contributed by atoms with E-state index in [0.29, 0.717) is 0 Å². The van der Waals surface area contributed by atoms with E-state index in [1.54, 1.807) is 0 Å². The highest BCUT2D eigenvalue weighted by atomic mass is 19.4. The first kappa shape index (κ1) is 8.10. The van der Waals surface area contributed by atoms with Crippen LogP contribution in [-0.4, -0.2) is 17.0 Å². The van der Waals surface area contributed by atoms with E-state index < -0.39 is 11.9 Å². The zero-order valence-electron chi connectivity index (χ0n) is 5.52. The number of allylic oxidation sites excluding steroid dienone is 1. The van der Waals surface area contributed by atoms with Gasteiger partial charge in [-0.15, -0.1) is 0 Å². The SMILES string of the molecule is OC1=CN=C(C(F)(F)F)CC1. The Hall–Kier alpha value is -1.00. The number of halogens is 3. The van der Waals surface area contributed by atoms with Crippen LogP contribution in [0.1, 0.15) is 12.8 Å². The highest BCUT2D eigenvalue weighted by Gasteiger charge is 2.35. The van der Waals surface area contributed by atoms with Crippen molar-refractivity contribution in [2.45, 2.75) is 19.0 Å². The lowest BCUT2D eigenvalue weighted by Gasteiger charge is -2.12. The maximum absolute atomic E-state index is 11.8. The molecule has 0 aromatic rings. The van der Waals surface area contributed by atoms with E-state index in [4.69, 9.17) is 5.11 Å². The highest BCUT2D eigenvalue weighted by Crippen LogP contribution is 2.24. The monoisotopic (exact) mass is 165 g/mol. The average molecular weight is 165 g/mol. The fourth-order valence-electron chi connectivity index (χ4n) is 0.743. The van der Waals surface area contributed by atoms with E-state index in [0.717, 1.165) is 6.20 Å². The third kappa shape index (κ3) is 1.96. The summed E-state index contributed by atoms with van der Waals surface area (Å²) >= 11 is 0. The molecule has 0 aliphatic carbocycles. The number of alkyl halides is 3. The molecule has 0 saturated heterocycles. The lowest BCUT2D eigenvalue weighted by molar-refractivity contribution is -0.0607. The first-order valence-corrected chi connectivity index (χ1v) is 3.02. The number of aliphatic hydroxyl groups excluding tert-OH is 1. The Morgan fingerprint density at radius 3 is 2.36 bits per heavy atom. The molecule has 0 radical (unpaired) electrons. The number of aliphatic imine (C=N–C) groups is 1. The Kier molecular flexibility index (Phi) is 1.89. The topological polar surface area (TPSA) is 32.6 Å². The Labute approximate surface area is 61.1 Å². The van der Waals surface area contributed by atoms with Crippen LogP contribution in [0.5, 0.6) is 0 Å². The van der Waals surface area contributed by atoms with Gasteiger partial charge < -0.3 is 5.11 Å². The van der Waals surface area contributed by atoms with Crippen LogP contribution in [-0.2, 0) is 0 Å². The summed E-state index contributed by atoms with van der Waals surface area (Å²) in [4.78, 5) is 3.06. The molecule has 5 heteroatoms. The maximum atomic E-state index is 11.8. The van der Waals surface area contributed by atoms with Crippen LogP contribution < -0.4 is 0 Å². The predicted molar refractivity (Wildman–Crippen MR) is 33.4 cm³/mol. The van der Waals surface area contributed by atoms with Crippen LogP contribution >= 0.6 is 0 Å². The molecular weight excluding hydrogens is 159 g/mol. The number of hydrogen-bond acceptors (Lipinski definition) is 2. The van der Waals surface area contributed by atoms with Crippen molar-refractivity contribution in [1.29, 1.82) is 0 Å². The number of rotatable bonds is 0. The zero-order valence-corrected chi connectivity index (χ0v) is 5.52. The van der Waals surface area contributed by atoms with E-state index in [1.807, 2.05) is 0 Å². The third-order valence-corrected chi connectivity index (χ3v) is 1.31. The minimum absolute atomic E-state index is 0.0261. The molecule has 0 spiro atoms. The molecule has 0 fully saturated rings. The number of hydrogen-bond donors (Lipinski definition) is 1. The summed E-state index contributed by atoms with van der Waals surface area (Å²) in [6, 6.07) is 0. The normalized spacial score (nSPS) is 19.2. The van der Waals surface area contributed by atoms with Gasteiger partial charge in [0.1, 0.15) is 11.5 Å². The van der Waals surface area contributed by atoms with Crippen molar-refractivity contribution < 1.29 is 18.3 Å². The second-order valence-corrected chi connectivity index (χ2v) is 2.19. The van der Waals surface area contributed by atoms with Crippen LogP contribution in [0.3, 0.4) is 0 Å². The van der Waals surface area contributed by atoms with Crippen LogP contribution in [0, 0.1) is 0 Å². The molecule has 2 nitrogen and oxygen atoms in total. The summed E-state index contributed by atoms with van der Waals surface area (Å²) in [5.74, 6) is -0.0991. The van der Waals surface area contributed by atoms with Crippen molar-refractivity contribution in [3.8, 4) is 0 Å². The van der Waals surface area contributed by atoms with E-state index in [1.165, 1.54) is 0 Å². The van der Waals surface area contributed by atoms with Gasteiger partial charge in [-0.25, -0.2) is 0 Å². The first-order chi connectivity index (χ1) is 5.00. The molecule has 1 N–H and O–H groups in total. The van der Waals surface area contributed by atoms with Crippen LogP contribution in [0.25, 0.3) is 0 Å². The van der Waals surface area contributed by atoms with Crippen LogP contribution in [0.2, 0.25) is 0 Å². The lowest BCUT2D eigenvalue weighted by atomic mass is 10.1. The van der Waals surface area contributed by atoms with Gasteiger partial charge in [-0.3, -0.25) is 4.99 Å². The van der Waals surface area contributed by atoms with Gasteiger partial charge in [-0.05, 0) is 0 Å². The minimum Gasteiger partial charge on any atom is -0.511 e. The Bertz CT molecular complexity index is 216. The third-order valence-electron chi connectivity index (χ3n) is 1.31. The fraction of sp³-hybridized carbons (Fsp3) is 0.500. The van der Waals surface area contributed by atoms with Crippen molar-refractivity contribution in [2.24, 2.45) is 4.99 Å². The predicted octanol–water partition coefficient (Wildman–Crippen LogP) is 2.18. The van der Waals surface area contributed by atoms with Gasteiger partial charge in [0.25, 0.3) is 0 Å². The molecule has 0 atom stereocenters. The number of aliphatic hydroxyl groups is 1. The van der Waals surface area contributed by atoms with Gasteiger partial charge in [0.2, 0.25) is 0 Å². The summed E-state index contributed by atoms with van der Waals surface area (Å²) in [5.41, 5.74) is -0.824. The molecule has 1 rings (SSSR count). The Morgan fingerprint density at radius 1 is 1.36 bits per heavy atom. The van der Waals surface area contributed by atoms with Crippen molar-refractivity contribution in [2.75, 3.05) is 0 Å². The van der Waals surface area contributed by atoms with Gasteiger partial charge >= 0.3 is 6.18 Å². The molecule has 1 aliphatic heterocycles. The largest absolute Gasteiger partial charge is 0.511 e. The second kappa shape index (κ2) is 2.56. The highest BCUT2D eigenvalue weighted by molar-refractivity contribution is 5.90. The summed E-state index contributed by atoms with van der Waals surface area (Å²) in [6.07, 6.45) is -3.71. The molecule has 11 heavy (non-hydrogen) atoms. The van der Waals surface area contributed by atoms with Crippen molar-refractivity contribution >= 4 is 5.71 Å². The van der Waals surface area contributed by atoms with Gasteiger partial charge in [0.05, 0.1) is 6.20 Å². The smallest absolute Gasteiger partial charge is 0.429 e. The summed E-state index contributed by atoms with van der Waals surface area (Å²) in [7, 11) is 0. The maximum Gasteiger partial charge on any atom is 0.429 e. The lowest BCUT2D eigenvalue weighted by Crippen LogP contribution is -2.24. The van der Waals surface area contributed by atoms with E-state index >= 15 is 0 Å². The van der Waals surface area contributed by atoms with E-state index in [2.05, 4.69) is 4.99 Å². The standard InChI is InChI=1S/C6H6F3NO/c7-6(8,9)5-2-1-4(11)3-10-5/h3,11H,1-2H2. The molecular formula is C6H6F3NO.